The second-order valence-electron chi connectivity index (χ2n) is 6.28. The standard InChI is InChI=1S/C17H19F3O4/c18-17(19,20)24-14-7-3-2-6-12(14)13(21)10-16(11-15(22)23)8-4-1-5-9-16/h2-3,6-7H,1,4-5,8-11H2,(H,22,23). The van der Waals surface area contributed by atoms with Gasteiger partial charge in [0.1, 0.15) is 5.75 Å². The van der Waals surface area contributed by atoms with Crippen LogP contribution in [0.3, 0.4) is 0 Å². The van der Waals surface area contributed by atoms with Gasteiger partial charge in [-0.25, -0.2) is 0 Å². The van der Waals surface area contributed by atoms with Crippen LogP contribution in [0.4, 0.5) is 13.2 Å². The Kier molecular flexibility index (Phi) is 5.51. The van der Waals surface area contributed by atoms with Gasteiger partial charge in [-0.2, -0.15) is 0 Å². The summed E-state index contributed by atoms with van der Waals surface area (Å²) in [5.74, 6) is -2.06. The van der Waals surface area contributed by atoms with Crippen molar-refractivity contribution in [3.05, 3.63) is 29.8 Å². The summed E-state index contributed by atoms with van der Waals surface area (Å²) in [6.45, 7) is 0. The normalized spacial score (nSPS) is 17.3. The number of benzene rings is 1. The molecule has 1 N–H and O–H groups in total. The average Bonchev–Trinajstić information content (AvgIpc) is 2.46. The number of hydrogen-bond acceptors (Lipinski definition) is 3. The molecule has 1 fully saturated rings. The van der Waals surface area contributed by atoms with Crippen molar-refractivity contribution in [2.24, 2.45) is 5.41 Å². The van der Waals surface area contributed by atoms with E-state index in [2.05, 4.69) is 4.74 Å². The topological polar surface area (TPSA) is 63.6 Å². The van der Waals surface area contributed by atoms with Gasteiger partial charge in [0.05, 0.1) is 12.0 Å². The number of carboxylic acids is 1. The molecule has 7 heteroatoms. The van der Waals surface area contributed by atoms with Crippen LogP contribution in [-0.2, 0) is 4.79 Å². The third-order valence-electron chi connectivity index (χ3n) is 4.39. The van der Waals surface area contributed by atoms with E-state index in [1.54, 1.807) is 0 Å². The fraction of sp³-hybridized carbons (Fsp3) is 0.529. The van der Waals surface area contributed by atoms with Crippen molar-refractivity contribution in [2.45, 2.75) is 51.3 Å². The minimum absolute atomic E-state index is 0.0858. The molecule has 1 aromatic carbocycles. The molecule has 0 atom stereocenters. The van der Waals surface area contributed by atoms with E-state index in [1.165, 1.54) is 18.2 Å². The first-order valence-corrected chi connectivity index (χ1v) is 7.81. The molecular weight excluding hydrogens is 325 g/mol. The molecule has 0 aromatic heterocycles. The minimum atomic E-state index is -4.89. The Hall–Kier alpha value is -2.05. The van der Waals surface area contributed by atoms with E-state index in [0.29, 0.717) is 12.8 Å². The molecule has 0 spiro atoms. The van der Waals surface area contributed by atoms with Gasteiger partial charge in [-0.3, -0.25) is 9.59 Å². The fourth-order valence-electron chi connectivity index (χ4n) is 3.39. The fourth-order valence-corrected chi connectivity index (χ4v) is 3.39. The summed E-state index contributed by atoms with van der Waals surface area (Å²) in [4.78, 5) is 23.7. The molecule has 132 valence electrons. The maximum atomic E-state index is 12.6. The smallest absolute Gasteiger partial charge is 0.481 e. The maximum Gasteiger partial charge on any atom is 0.573 e. The van der Waals surface area contributed by atoms with E-state index < -0.39 is 29.3 Å². The highest BCUT2D eigenvalue weighted by Gasteiger charge is 2.38. The number of ether oxygens (including phenoxy) is 1. The monoisotopic (exact) mass is 344 g/mol. The third-order valence-corrected chi connectivity index (χ3v) is 4.39. The van der Waals surface area contributed by atoms with Crippen molar-refractivity contribution in [3.63, 3.8) is 0 Å². The van der Waals surface area contributed by atoms with Crippen molar-refractivity contribution in [3.8, 4) is 5.75 Å². The second kappa shape index (κ2) is 7.23. The molecule has 1 aliphatic carbocycles. The SMILES string of the molecule is O=C(O)CC1(CC(=O)c2ccccc2OC(F)(F)F)CCCCC1. The van der Waals surface area contributed by atoms with Crippen LogP contribution in [0.15, 0.2) is 24.3 Å². The Balaban J connectivity index is 2.23. The van der Waals surface area contributed by atoms with Gasteiger partial charge >= 0.3 is 12.3 Å². The van der Waals surface area contributed by atoms with Crippen LogP contribution >= 0.6 is 0 Å². The zero-order valence-electron chi connectivity index (χ0n) is 13.1. The van der Waals surface area contributed by atoms with Gasteiger partial charge in [0, 0.05) is 6.42 Å². The number of carbonyl (C=O) groups is 2. The van der Waals surface area contributed by atoms with Crippen molar-refractivity contribution in [1.82, 2.24) is 0 Å². The third kappa shape index (κ3) is 4.97. The molecule has 0 unspecified atom stereocenters. The highest BCUT2D eigenvalue weighted by atomic mass is 19.4. The first kappa shape index (κ1) is 18.3. The first-order chi connectivity index (χ1) is 11.2. The van der Waals surface area contributed by atoms with E-state index in [9.17, 15) is 22.8 Å². The van der Waals surface area contributed by atoms with Crippen LogP contribution in [0.5, 0.6) is 5.75 Å². The molecule has 2 rings (SSSR count). The Morgan fingerprint density at radius 1 is 1.08 bits per heavy atom. The summed E-state index contributed by atoms with van der Waals surface area (Å²) < 4.78 is 41.4. The molecule has 1 aromatic rings. The van der Waals surface area contributed by atoms with Gasteiger partial charge in [-0.05, 0) is 30.4 Å². The Morgan fingerprint density at radius 2 is 1.71 bits per heavy atom. The molecule has 1 aliphatic rings. The van der Waals surface area contributed by atoms with Gasteiger partial charge in [-0.1, -0.05) is 31.4 Å². The molecule has 0 aliphatic heterocycles. The first-order valence-electron chi connectivity index (χ1n) is 7.81. The predicted octanol–water partition coefficient (Wildman–Crippen LogP) is 4.58. The zero-order valence-corrected chi connectivity index (χ0v) is 13.1. The Bertz CT molecular complexity index is 604. The molecule has 24 heavy (non-hydrogen) atoms. The molecule has 0 radical (unpaired) electrons. The van der Waals surface area contributed by atoms with Crippen LogP contribution in [0.1, 0.15) is 55.3 Å². The lowest BCUT2D eigenvalue weighted by molar-refractivity contribution is -0.274. The quantitative estimate of drug-likeness (QED) is 0.767. The molecule has 1 saturated carbocycles. The van der Waals surface area contributed by atoms with Crippen LogP contribution in [0.2, 0.25) is 0 Å². The number of Topliss-reactive ketones (excluding diaryl/α,β-unsaturated/α-hetero) is 1. The number of carboxylic acid groups (broad SMARTS) is 1. The van der Waals surface area contributed by atoms with Gasteiger partial charge < -0.3 is 9.84 Å². The van der Waals surface area contributed by atoms with Crippen molar-refractivity contribution < 1.29 is 32.6 Å². The second-order valence-corrected chi connectivity index (χ2v) is 6.28. The number of halogens is 3. The van der Waals surface area contributed by atoms with Gasteiger partial charge in [-0.15, -0.1) is 13.2 Å². The van der Waals surface area contributed by atoms with E-state index in [4.69, 9.17) is 5.11 Å². The summed E-state index contributed by atoms with van der Waals surface area (Å²) in [5.41, 5.74) is -0.850. The van der Waals surface area contributed by atoms with Crippen LogP contribution < -0.4 is 4.74 Å². The lowest BCUT2D eigenvalue weighted by atomic mass is 9.68. The van der Waals surface area contributed by atoms with E-state index in [1.807, 2.05) is 0 Å². The highest BCUT2D eigenvalue weighted by Crippen LogP contribution is 2.43. The summed E-state index contributed by atoms with van der Waals surface area (Å²) in [5, 5.41) is 9.14. The molecular formula is C17H19F3O4. The lowest BCUT2D eigenvalue weighted by Crippen LogP contribution is -2.30. The van der Waals surface area contributed by atoms with E-state index in [0.717, 1.165) is 25.3 Å². The number of aliphatic carboxylic acids is 1. The van der Waals surface area contributed by atoms with Crippen molar-refractivity contribution in [1.29, 1.82) is 0 Å². The lowest BCUT2D eigenvalue weighted by Gasteiger charge is -2.35. The zero-order chi connectivity index (χ0) is 17.8. The van der Waals surface area contributed by atoms with Gasteiger partial charge in [0.15, 0.2) is 5.78 Å². The van der Waals surface area contributed by atoms with E-state index in [-0.39, 0.29) is 18.4 Å². The van der Waals surface area contributed by atoms with Crippen molar-refractivity contribution >= 4 is 11.8 Å². The molecule has 4 nitrogen and oxygen atoms in total. The summed E-state index contributed by atoms with van der Waals surface area (Å²) in [7, 11) is 0. The number of hydrogen-bond donors (Lipinski definition) is 1. The van der Waals surface area contributed by atoms with Crippen LogP contribution in [-0.4, -0.2) is 23.2 Å². The number of rotatable bonds is 6. The Labute approximate surface area is 137 Å². The number of carbonyl (C=O) groups excluding carboxylic acids is 1. The minimum Gasteiger partial charge on any atom is -0.481 e. The van der Waals surface area contributed by atoms with Gasteiger partial charge in [0.25, 0.3) is 0 Å². The summed E-state index contributed by atoms with van der Waals surface area (Å²) in [6, 6.07) is 5.18. The van der Waals surface area contributed by atoms with Gasteiger partial charge in [0.2, 0.25) is 0 Å². The van der Waals surface area contributed by atoms with Crippen LogP contribution in [0, 0.1) is 5.41 Å². The van der Waals surface area contributed by atoms with Crippen molar-refractivity contribution in [2.75, 3.05) is 0 Å². The highest BCUT2D eigenvalue weighted by molar-refractivity contribution is 5.99. The van der Waals surface area contributed by atoms with Crippen LogP contribution in [0.25, 0.3) is 0 Å². The predicted molar refractivity (Wildman–Crippen MR) is 79.8 cm³/mol. The number of alkyl halides is 3. The molecule has 0 bridgehead atoms. The average molecular weight is 344 g/mol. The molecule has 0 amide bonds. The number of ketones is 1. The largest absolute Gasteiger partial charge is 0.573 e. The number of para-hydroxylation sites is 1. The summed E-state index contributed by atoms with van der Waals surface area (Å²) >= 11 is 0. The Morgan fingerprint density at radius 3 is 2.29 bits per heavy atom. The summed E-state index contributed by atoms with van der Waals surface area (Å²) in [6.07, 6.45) is -1.33. The maximum absolute atomic E-state index is 12.6. The molecule has 0 saturated heterocycles. The van der Waals surface area contributed by atoms with E-state index >= 15 is 0 Å². The molecule has 0 heterocycles.